The largest absolute Gasteiger partial charge is 0.493 e. The van der Waals surface area contributed by atoms with Crippen LogP contribution in [-0.4, -0.2) is 56.4 Å². The van der Waals surface area contributed by atoms with E-state index in [9.17, 15) is 14.7 Å². The molecule has 3 aromatic carbocycles. The Labute approximate surface area is 191 Å². The Kier molecular flexibility index (Phi) is 5.93. The van der Waals surface area contributed by atoms with Gasteiger partial charge in [0.15, 0.2) is 23.0 Å². The maximum Gasteiger partial charge on any atom is 0.326 e. The first-order valence-electron chi connectivity index (χ1n) is 10.6. The van der Waals surface area contributed by atoms with Gasteiger partial charge in [-0.05, 0) is 63.9 Å². The van der Waals surface area contributed by atoms with Gasteiger partial charge in [0.25, 0.3) is 0 Å². The second-order valence-electron chi connectivity index (χ2n) is 8.17. The van der Waals surface area contributed by atoms with Crippen LogP contribution in [0.4, 0.5) is 0 Å². The van der Waals surface area contributed by atoms with Crippen LogP contribution in [0.2, 0.25) is 0 Å². The van der Waals surface area contributed by atoms with E-state index >= 15 is 0 Å². The lowest BCUT2D eigenvalue weighted by atomic mass is 9.95. The third-order valence-corrected chi connectivity index (χ3v) is 6.33. The maximum absolute atomic E-state index is 12.8. The number of amides is 1. The fourth-order valence-corrected chi connectivity index (χ4v) is 4.62. The summed E-state index contributed by atoms with van der Waals surface area (Å²) in [5.74, 6) is 0.770. The summed E-state index contributed by atoms with van der Waals surface area (Å²) in [6.07, 6.45) is 0.293. The van der Waals surface area contributed by atoms with E-state index in [1.54, 1.807) is 35.4 Å². The Morgan fingerprint density at radius 3 is 1.94 bits per heavy atom. The number of fused-ring (bicyclic) bond motifs is 3. The number of carboxylic acid groups (broad SMARTS) is 1. The molecule has 3 aromatic rings. The second kappa shape index (κ2) is 8.69. The maximum atomic E-state index is 12.8. The van der Waals surface area contributed by atoms with Crippen LogP contribution in [0.15, 0.2) is 30.3 Å². The highest BCUT2D eigenvalue weighted by Gasteiger charge is 2.41. The lowest BCUT2D eigenvalue weighted by Crippen LogP contribution is -2.38. The number of likely N-dealkylation sites (tertiary alicyclic amines) is 1. The molecule has 4 rings (SSSR count). The lowest BCUT2D eigenvalue weighted by Gasteiger charge is -2.24. The summed E-state index contributed by atoms with van der Waals surface area (Å²) < 4.78 is 22.0. The molecule has 1 fully saturated rings. The Balaban J connectivity index is 1.99. The van der Waals surface area contributed by atoms with Gasteiger partial charge in [0.1, 0.15) is 6.04 Å². The van der Waals surface area contributed by atoms with E-state index in [0.717, 1.165) is 27.1 Å². The van der Waals surface area contributed by atoms with Crippen molar-refractivity contribution in [2.75, 3.05) is 28.4 Å². The Morgan fingerprint density at radius 2 is 1.39 bits per heavy atom. The van der Waals surface area contributed by atoms with E-state index in [0.29, 0.717) is 29.4 Å². The highest BCUT2D eigenvalue weighted by atomic mass is 16.5. The van der Waals surface area contributed by atoms with Crippen LogP contribution < -0.4 is 18.9 Å². The molecule has 8 heteroatoms. The van der Waals surface area contributed by atoms with Crippen molar-refractivity contribution in [2.45, 2.75) is 25.9 Å². The summed E-state index contributed by atoms with van der Waals surface area (Å²) >= 11 is 0. The molecule has 33 heavy (non-hydrogen) atoms. The molecular weight excluding hydrogens is 426 g/mol. The number of carboxylic acids is 1. The molecule has 1 unspecified atom stereocenters. The van der Waals surface area contributed by atoms with Crippen LogP contribution in [0.1, 0.15) is 18.9 Å². The summed E-state index contributed by atoms with van der Waals surface area (Å²) in [5, 5.41) is 13.2. The van der Waals surface area contributed by atoms with Crippen LogP contribution in [0.25, 0.3) is 21.5 Å². The molecule has 1 heterocycles. The van der Waals surface area contributed by atoms with E-state index in [4.69, 9.17) is 18.9 Å². The number of benzene rings is 3. The van der Waals surface area contributed by atoms with Crippen LogP contribution in [-0.2, 0) is 16.1 Å². The van der Waals surface area contributed by atoms with Crippen LogP contribution >= 0.6 is 0 Å². The monoisotopic (exact) mass is 453 g/mol. The molecule has 0 spiro atoms. The molecule has 1 aliphatic heterocycles. The highest BCUT2D eigenvalue weighted by Crippen LogP contribution is 2.42. The van der Waals surface area contributed by atoms with Gasteiger partial charge in [-0.3, -0.25) is 4.79 Å². The molecule has 2 atom stereocenters. The molecule has 1 aliphatic rings. The molecule has 174 valence electrons. The van der Waals surface area contributed by atoms with Crippen molar-refractivity contribution in [1.82, 2.24) is 4.90 Å². The number of hydrogen-bond donors (Lipinski definition) is 1. The van der Waals surface area contributed by atoms with Crippen LogP contribution in [0.3, 0.4) is 0 Å². The van der Waals surface area contributed by atoms with Gasteiger partial charge in [0, 0.05) is 12.5 Å². The minimum Gasteiger partial charge on any atom is -0.493 e. The van der Waals surface area contributed by atoms with Crippen molar-refractivity contribution in [2.24, 2.45) is 5.92 Å². The summed E-state index contributed by atoms with van der Waals surface area (Å²) in [4.78, 5) is 26.1. The number of hydrogen-bond acceptors (Lipinski definition) is 6. The van der Waals surface area contributed by atoms with Gasteiger partial charge in [-0.25, -0.2) is 4.79 Å². The number of rotatable bonds is 7. The summed E-state index contributed by atoms with van der Waals surface area (Å²) in [5.41, 5.74) is 0.805. The normalized spacial score (nSPS) is 18.1. The van der Waals surface area contributed by atoms with Gasteiger partial charge in [-0.1, -0.05) is 6.92 Å². The second-order valence-corrected chi connectivity index (χ2v) is 8.17. The molecule has 0 saturated carbocycles. The van der Waals surface area contributed by atoms with Crippen molar-refractivity contribution in [3.05, 3.63) is 35.9 Å². The van der Waals surface area contributed by atoms with Gasteiger partial charge < -0.3 is 29.0 Å². The first-order valence-corrected chi connectivity index (χ1v) is 10.6. The Morgan fingerprint density at radius 1 is 0.879 bits per heavy atom. The molecule has 1 saturated heterocycles. The SMILES string of the molecule is COc1cc2cc(CN3C(=O)C(C)C[C@H]3C(=O)O)c3cc(OC)c(OC)cc3c2cc1OC. The molecule has 0 aromatic heterocycles. The third kappa shape index (κ3) is 3.75. The van der Waals surface area contributed by atoms with E-state index in [1.807, 2.05) is 30.3 Å². The number of carbonyl (C=O) groups is 2. The van der Waals surface area contributed by atoms with E-state index in [1.165, 1.54) is 4.90 Å². The predicted octanol–water partition coefficient (Wildman–Crippen LogP) is 3.85. The number of carbonyl (C=O) groups excluding carboxylic acids is 1. The van der Waals surface area contributed by atoms with Crippen molar-refractivity contribution < 1.29 is 33.6 Å². The third-order valence-electron chi connectivity index (χ3n) is 6.33. The zero-order chi connectivity index (χ0) is 23.9. The minimum atomic E-state index is -0.997. The first-order chi connectivity index (χ1) is 15.8. The van der Waals surface area contributed by atoms with Crippen LogP contribution in [0.5, 0.6) is 23.0 Å². The Bertz CT molecular complexity index is 1250. The molecule has 0 bridgehead atoms. The fraction of sp³-hybridized carbons (Fsp3) is 0.360. The van der Waals surface area contributed by atoms with Gasteiger partial charge in [-0.2, -0.15) is 0 Å². The number of aliphatic carboxylic acids is 1. The van der Waals surface area contributed by atoms with Gasteiger partial charge in [0.2, 0.25) is 5.91 Å². The van der Waals surface area contributed by atoms with E-state index in [2.05, 4.69) is 0 Å². The number of methoxy groups -OCH3 is 4. The van der Waals surface area contributed by atoms with Gasteiger partial charge >= 0.3 is 5.97 Å². The number of nitrogens with zero attached hydrogens (tertiary/aromatic N) is 1. The van der Waals surface area contributed by atoms with Crippen molar-refractivity contribution >= 4 is 33.4 Å². The van der Waals surface area contributed by atoms with Gasteiger partial charge in [-0.15, -0.1) is 0 Å². The predicted molar refractivity (Wildman–Crippen MR) is 123 cm³/mol. The van der Waals surface area contributed by atoms with E-state index in [-0.39, 0.29) is 18.4 Å². The lowest BCUT2D eigenvalue weighted by molar-refractivity contribution is -0.146. The molecule has 0 radical (unpaired) electrons. The Hall–Kier alpha value is -3.68. The summed E-state index contributed by atoms with van der Waals surface area (Å²) in [6, 6.07) is 8.62. The molecular formula is C25H27NO7. The fourth-order valence-electron chi connectivity index (χ4n) is 4.62. The first kappa shape index (κ1) is 22.5. The zero-order valence-corrected chi connectivity index (χ0v) is 19.3. The summed E-state index contributed by atoms with van der Waals surface area (Å²) in [6.45, 7) is 1.93. The topological polar surface area (TPSA) is 94.5 Å². The minimum absolute atomic E-state index is 0.163. The number of ether oxygens (including phenoxy) is 4. The molecule has 1 N–H and O–H groups in total. The van der Waals surface area contributed by atoms with E-state index < -0.39 is 12.0 Å². The average molecular weight is 453 g/mol. The molecule has 0 aliphatic carbocycles. The molecule has 8 nitrogen and oxygen atoms in total. The van der Waals surface area contributed by atoms with Crippen LogP contribution in [0, 0.1) is 5.92 Å². The standard InChI is InChI=1S/C25H27NO7/c1-13-6-19(25(28)29)26(24(13)27)12-15-7-14-8-20(30-2)21(31-3)9-16(14)18-11-23(33-5)22(32-4)10-17(15)18/h7-11,13,19H,6,12H2,1-5H3,(H,28,29)/t13?,19-/m0/s1. The van der Waals surface area contributed by atoms with Crippen molar-refractivity contribution in [1.29, 1.82) is 0 Å². The zero-order valence-electron chi connectivity index (χ0n) is 19.3. The van der Waals surface area contributed by atoms with Crippen molar-refractivity contribution in [3.8, 4) is 23.0 Å². The highest BCUT2D eigenvalue weighted by molar-refractivity contribution is 6.11. The van der Waals surface area contributed by atoms with Gasteiger partial charge in [0.05, 0.1) is 28.4 Å². The quantitative estimate of drug-likeness (QED) is 0.543. The summed E-state index contributed by atoms with van der Waals surface area (Å²) in [7, 11) is 6.28. The van der Waals surface area contributed by atoms with Crippen molar-refractivity contribution in [3.63, 3.8) is 0 Å². The molecule has 1 amide bonds. The smallest absolute Gasteiger partial charge is 0.326 e. The average Bonchev–Trinajstić information content (AvgIpc) is 3.11.